The first-order valence-corrected chi connectivity index (χ1v) is 7.96. The fraction of sp³-hybridized carbons (Fsp3) is 0.133. The van der Waals surface area contributed by atoms with Crippen LogP contribution in [0.25, 0.3) is 0 Å². The van der Waals surface area contributed by atoms with Crippen LogP contribution in [0.4, 0.5) is 10.1 Å². The molecule has 22 heavy (non-hydrogen) atoms. The second-order valence-corrected chi connectivity index (χ2v) is 6.29. The fourth-order valence-electron chi connectivity index (χ4n) is 1.86. The van der Waals surface area contributed by atoms with Gasteiger partial charge in [-0.05, 0) is 42.3 Å². The standard InChI is InChI=1S/C15H14FNO4S/c1-2-10-3-5-11(6-4-10)17-22(20,21)12-7-8-14(16)13(9-12)15(18)19/h3-9,17H,2H2,1H3,(H,18,19). The molecule has 0 atom stereocenters. The zero-order valence-electron chi connectivity index (χ0n) is 11.7. The van der Waals surface area contributed by atoms with Crippen molar-refractivity contribution < 1.29 is 22.7 Å². The van der Waals surface area contributed by atoms with Crippen LogP contribution in [0.1, 0.15) is 22.8 Å². The monoisotopic (exact) mass is 323 g/mol. The molecule has 0 saturated heterocycles. The summed E-state index contributed by atoms with van der Waals surface area (Å²) in [6, 6.07) is 9.41. The van der Waals surface area contributed by atoms with E-state index >= 15 is 0 Å². The van der Waals surface area contributed by atoms with Gasteiger partial charge in [0.05, 0.1) is 10.5 Å². The number of aryl methyl sites for hydroxylation is 1. The maximum absolute atomic E-state index is 13.3. The molecule has 0 bridgehead atoms. The Bertz CT molecular complexity index is 801. The molecule has 7 heteroatoms. The van der Waals surface area contributed by atoms with Crippen molar-refractivity contribution in [1.29, 1.82) is 0 Å². The Morgan fingerprint density at radius 2 is 1.82 bits per heavy atom. The lowest BCUT2D eigenvalue weighted by atomic mass is 10.2. The second-order valence-electron chi connectivity index (χ2n) is 4.60. The molecule has 0 unspecified atom stereocenters. The summed E-state index contributed by atoms with van der Waals surface area (Å²) in [6.45, 7) is 1.98. The molecule has 2 aromatic carbocycles. The number of carboxylic acids is 1. The normalized spacial score (nSPS) is 11.2. The third-order valence-electron chi connectivity index (χ3n) is 3.09. The van der Waals surface area contributed by atoms with Gasteiger partial charge in [-0.1, -0.05) is 19.1 Å². The first-order valence-electron chi connectivity index (χ1n) is 6.48. The van der Waals surface area contributed by atoms with Crippen LogP contribution in [0, 0.1) is 5.82 Å². The number of carbonyl (C=O) groups is 1. The molecule has 0 amide bonds. The van der Waals surface area contributed by atoms with Crippen LogP contribution in [-0.2, 0) is 16.4 Å². The summed E-state index contributed by atoms with van der Waals surface area (Å²) in [5.74, 6) is -2.51. The Morgan fingerprint density at radius 1 is 1.18 bits per heavy atom. The van der Waals surface area contributed by atoms with E-state index < -0.39 is 27.4 Å². The number of halogens is 1. The molecule has 0 spiro atoms. The number of anilines is 1. The number of nitrogens with one attached hydrogen (secondary N) is 1. The highest BCUT2D eigenvalue weighted by Gasteiger charge is 2.19. The number of hydrogen-bond acceptors (Lipinski definition) is 3. The van der Waals surface area contributed by atoms with Crippen LogP contribution in [0.3, 0.4) is 0 Å². The van der Waals surface area contributed by atoms with E-state index in [4.69, 9.17) is 5.11 Å². The number of benzene rings is 2. The van der Waals surface area contributed by atoms with E-state index in [0.29, 0.717) is 5.69 Å². The molecule has 2 N–H and O–H groups in total. The minimum Gasteiger partial charge on any atom is -0.478 e. The van der Waals surface area contributed by atoms with Crippen molar-refractivity contribution in [3.05, 3.63) is 59.4 Å². The van der Waals surface area contributed by atoms with E-state index in [1.165, 1.54) is 0 Å². The Kier molecular flexibility index (Phi) is 4.46. The molecular weight excluding hydrogens is 309 g/mol. The minimum absolute atomic E-state index is 0.314. The second kappa shape index (κ2) is 6.15. The molecule has 0 radical (unpaired) electrons. The number of sulfonamides is 1. The van der Waals surface area contributed by atoms with Crippen LogP contribution in [-0.4, -0.2) is 19.5 Å². The van der Waals surface area contributed by atoms with Gasteiger partial charge in [0, 0.05) is 5.69 Å². The van der Waals surface area contributed by atoms with Crippen molar-refractivity contribution in [2.45, 2.75) is 18.2 Å². The molecule has 0 fully saturated rings. The zero-order valence-corrected chi connectivity index (χ0v) is 12.5. The summed E-state index contributed by atoms with van der Waals surface area (Å²) >= 11 is 0. The van der Waals surface area contributed by atoms with Crippen molar-refractivity contribution in [3.8, 4) is 0 Å². The predicted octanol–water partition coefficient (Wildman–Crippen LogP) is 2.89. The van der Waals surface area contributed by atoms with Crippen molar-refractivity contribution in [2.24, 2.45) is 0 Å². The Morgan fingerprint density at radius 3 is 2.36 bits per heavy atom. The number of aromatic carboxylic acids is 1. The maximum Gasteiger partial charge on any atom is 0.338 e. The van der Waals surface area contributed by atoms with Crippen LogP contribution in [0.5, 0.6) is 0 Å². The number of rotatable bonds is 5. The molecule has 0 aliphatic rings. The molecule has 0 aliphatic heterocycles. The van der Waals surface area contributed by atoms with Gasteiger partial charge in [-0.25, -0.2) is 17.6 Å². The highest BCUT2D eigenvalue weighted by molar-refractivity contribution is 7.92. The minimum atomic E-state index is -3.99. The lowest BCUT2D eigenvalue weighted by Crippen LogP contribution is -2.14. The molecule has 0 heterocycles. The van der Waals surface area contributed by atoms with Gasteiger partial charge < -0.3 is 5.11 Å². The fourth-order valence-corrected chi connectivity index (χ4v) is 2.94. The number of hydrogen-bond donors (Lipinski definition) is 2. The SMILES string of the molecule is CCc1ccc(NS(=O)(=O)c2ccc(F)c(C(=O)O)c2)cc1. The smallest absolute Gasteiger partial charge is 0.338 e. The van der Waals surface area contributed by atoms with Crippen LogP contribution in [0.2, 0.25) is 0 Å². The Balaban J connectivity index is 2.33. The lowest BCUT2D eigenvalue weighted by Gasteiger charge is -2.09. The summed E-state index contributed by atoms with van der Waals surface area (Å²) in [5.41, 5.74) is 0.709. The predicted molar refractivity (Wildman–Crippen MR) is 80.0 cm³/mol. The maximum atomic E-state index is 13.3. The van der Waals surface area contributed by atoms with Gasteiger partial charge in [-0.3, -0.25) is 4.72 Å². The molecule has 2 aromatic rings. The van der Waals surface area contributed by atoms with Gasteiger partial charge in [-0.2, -0.15) is 0 Å². The van der Waals surface area contributed by atoms with Crippen LogP contribution in [0.15, 0.2) is 47.4 Å². The van der Waals surface area contributed by atoms with Gasteiger partial charge in [0.25, 0.3) is 10.0 Å². The summed E-state index contributed by atoms with van der Waals surface area (Å²) < 4.78 is 40.1. The highest BCUT2D eigenvalue weighted by Crippen LogP contribution is 2.19. The zero-order chi connectivity index (χ0) is 16.3. The lowest BCUT2D eigenvalue weighted by molar-refractivity contribution is 0.0691. The van der Waals surface area contributed by atoms with Gasteiger partial charge in [0.15, 0.2) is 0 Å². The van der Waals surface area contributed by atoms with Crippen molar-refractivity contribution in [3.63, 3.8) is 0 Å². The molecule has 0 aromatic heterocycles. The first kappa shape index (κ1) is 16.0. The van der Waals surface area contributed by atoms with E-state index in [1.807, 2.05) is 6.92 Å². The summed E-state index contributed by atoms with van der Waals surface area (Å²) in [7, 11) is -3.99. The van der Waals surface area contributed by atoms with Crippen LogP contribution >= 0.6 is 0 Å². The van der Waals surface area contributed by atoms with Crippen molar-refractivity contribution in [2.75, 3.05) is 4.72 Å². The third-order valence-corrected chi connectivity index (χ3v) is 4.47. The third kappa shape index (κ3) is 3.43. The van der Waals surface area contributed by atoms with E-state index in [0.717, 1.165) is 30.2 Å². The van der Waals surface area contributed by atoms with E-state index in [2.05, 4.69) is 4.72 Å². The van der Waals surface area contributed by atoms with Crippen molar-refractivity contribution >= 4 is 21.7 Å². The number of carboxylic acid groups (broad SMARTS) is 1. The Labute approximate surface area is 127 Å². The summed E-state index contributed by atoms with van der Waals surface area (Å²) in [4.78, 5) is 10.6. The molecular formula is C15H14FNO4S. The van der Waals surface area contributed by atoms with Crippen molar-refractivity contribution in [1.82, 2.24) is 0 Å². The van der Waals surface area contributed by atoms with Crippen LogP contribution < -0.4 is 4.72 Å². The quantitative estimate of drug-likeness (QED) is 0.886. The Hall–Kier alpha value is -2.41. The molecule has 2 rings (SSSR count). The first-order chi connectivity index (χ1) is 10.3. The average molecular weight is 323 g/mol. The van der Waals surface area contributed by atoms with E-state index in [1.54, 1.807) is 24.3 Å². The van der Waals surface area contributed by atoms with Gasteiger partial charge in [0.1, 0.15) is 5.82 Å². The topological polar surface area (TPSA) is 83.5 Å². The molecule has 116 valence electrons. The van der Waals surface area contributed by atoms with E-state index in [9.17, 15) is 17.6 Å². The molecule has 0 aliphatic carbocycles. The molecule has 5 nitrogen and oxygen atoms in total. The van der Waals surface area contributed by atoms with E-state index in [-0.39, 0.29) is 4.90 Å². The van der Waals surface area contributed by atoms with Gasteiger partial charge in [-0.15, -0.1) is 0 Å². The summed E-state index contributed by atoms with van der Waals surface area (Å²) in [6.07, 6.45) is 0.826. The van der Waals surface area contributed by atoms with Gasteiger partial charge >= 0.3 is 5.97 Å². The van der Waals surface area contributed by atoms with Gasteiger partial charge in [0.2, 0.25) is 0 Å². The highest BCUT2D eigenvalue weighted by atomic mass is 32.2. The molecule has 0 saturated carbocycles. The average Bonchev–Trinajstić information content (AvgIpc) is 2.47. The largest absolute Gasteiger partial charge is 0.478 e. The summed E-state index contributed by atoms with van der Waals surface area (Å²) in [5, 5.41) is 8.85.